The van der Waals surface area contributed by atoms with Gasteiger partial charge in [0.15, 0.2) is 6.10 Å². The van der Waals surface area contributed by atoms with E-state index in [-0.39, 0.29) is 19.3 Å². The second-order valence-corrected chi connectivity index (χ2v) is 6.12. The Morgan fingerprint density at radius 1 is 1.10 bits per heavy atom. The molecule has 7 nitrogen and oxygen atoms in total. The Bertz CT molecular complexity index is 361. The molecule has 0 aliphatic rings. The Kier molecular flexibility index (Phi) is 8.61. The summed E-state index contributed by atoms with van der Waals surface area (Å²) >= 11 is 0. The second-order valence-electron chi connectivity index (χ2n) is 6.12. The number of aliphatic carboxylic acids is 2. The van der Waals surface area contributed by atoms with Crippen LogP contribution in [0.15, 0.2) is 0 Å². The molecule has 0 unspecified atom stereocenters. The average Bonchev–Trinajstić information content (AvgIpc) is 2.24. The summed E-state index contributed by atoms with van der Waals surface area (Å²) in [7, 11) is 5.63. The molecule has 0 rings (SSSR count). The van der Waals surface area contributed by atoms with Crippen LogP contribution in [0.4, 0.5) is 0 Å². The summed E-state index contributed by atoms with van der Waals surface area (Å²) in [5.41, 5.74) is 0. The molecule has 0 fully saturated rings. The summed E-state index contributed by atoms with van der Waals surface area (Å²) < 4.78 is 5.65. The summed E-state index contributed by atoms with van der Waals surface area (Å²) in [6.45, 7) is 0.388. The van der Waals surface area contributed by atoms with Crippen LogP contribution in [0.1, 0.15) is 38.5 Å². The summed E-state index contributed by atoms with van der Waals surface area (Å²) in [5.74, 6) is -2.55. The SMILES string of the molecule is C[N+](C)(C)C[C@@H](CC(=O)[O-])OC(=O)CCCCCC(=O)O. The fourth-order valence-corrected chi connectivity index (χ4v) is 1.91. The van der Waals surface area contributed by atoms with Gasteiger partial charge in [-0.1, -0.05) is 6.42 Å². The van der Waals surface area contributed by atoms with Gasteiger partial charge < -0.3 is 24.2 Å². The van der Waals surface area contributed by atoms with E-state index in [1.165, 1.54) is 0 Å². The number of carbonyl (C=O) groups excluding carboxylic acids is 2. The largest absolute Gasteiger partial charge is 0.550 e. The summed E-state index contributed by atoms with van der Waals surface area (Å²) in [4.78, 5) is 32.7. The number of nitrogens with zero attached hydrogens (tertiary/aromatic N) is 1. The minimum atomic E-state index is -1.25. The van der Waals surface area contributed by atoms with Crippen molar-refractivity contribution < 1.29 is 33.8 Å². The van der Waals surface area contributed by atoms with Crippen LogP contribution in [0.25, 0.3) is 0 Å². The van der Waals surface area contributed by atoms with Gasteiger partial charge in [0, 0.05) is 25.2 Å². The number of ether oxygens (including phenoxy) is 1. The van der Waals surface area contributed by atoms with Gasteiger partial charge >= 0.3 is 11.9 Å². The number of quaternary nitrogens is 1. The zero-order valence-corrected chi connectivity index (χ0v) is 13.0. The van der Waals surface area contributed by atoms with Gasteiger partial charge in [-0.15, -0.1) is 0 Å². The van der Waals surface area contributed by atoms with Crippen LogP contribution >= 0.6 is 0 Å². The van der Waals surface area contributed by atoms with Gasteiger partial charge in [0.2, 0.25) is 0 Å². The fourth-order valence-electron chi connectivity index (χ4n) is 1.91. The van der Waals surface area contributed by atoms with Gasteiger partial charge in [0.1, 0.15) is 6.54 Å². The highest BCUT2D eigenvalue weighted by atomic mass is 16.5. The highest BCUT2D eigenvalue weighted by molar-refractivity contribution is 5.71. The highest BCUT2D eigenvalue weighted by Gasteiger charge is 2.22. The van der Waals surface area contributed by atoms with Crippen molar-refractivity contribution in [2.75, 3.05) is 27.7 Å². The maximum atomic E-state index is 11.7. The number of hydrogen-bond donors (Lipinski definition) is 1. The minimum Gasteiger partial charge on any atom is -0.550 e. The standard InChI is InChI=1S/C14H25NO6/c1-15(2,3)10-11(9-13(18)19)21-14(20)8-6-4-5-7-12(16)17/h11H,4-10H2,1-3H3,(H-,16,17,18,19)/t11-/m1/s1. The van der Waals surface area contributed by atoms with Crippen molar-refractivity contribution in [3.63, 3.8) is 0 Å². The first-order valence-corrected chi connectivity index (χ1v) is 7.01. The average molecular weight is 303 g/mol. The van der Waals surface area contributed by atoms with Crippen molar-refractivity contribution in [2.24, 2.45) is 0 Å². The van der Waals surface area contributed by atoms with E-state index in [4.69, 9.17) is 9.84 Å². The Labute approximate surface area is 125 Å². The molecule has 0 aromatic heterocycles. The summed E-state index contributed by atoms with van der Waals surface area (Å²) in [6.07, 6.45) is 0.909. The lowest BCUT2D eigenvalue weighted by atomic mass is 10.1. The molecule has 21 heavy (non-hydrogen) atoms. The molecule has 1 atom stereocenters. The number of rotatable bonds is 11. The van der Waals surface area contributed by atoms with Crippen molar-refractivity contribution in [2.45, 2.75) is 44.6 Å². The van der Waals surface area contributed by atoms with Gasteiger partial charge in [-0.2, -0.15) is 0 Å². The molecule has 0 aliphatic carbocycles. The molecule has 0 saturated heterocycles. The molecule has 0 aromatic carbocycles. The van der Waals surface area contributed by atoms with Crippen molar-refractivity contribution >= 4 is 17.9 Å². The first-order chi connectivity index (χ1) is 9.60. The lowest BCUT2D eigenvalue weighted by molar-refractivity contribution is -0.873. The van der Waals surface area contributed by atoms with E-state index in [0.717, 1.165) is 0 Å². The third-order valence-electron chi connectivity index (χ3n) is 2.72. The summed E-state index contributed by atoms with van der Waals surface area (Å²) in [6, 6.07) is 0. The van der Waals surface area contributed by atoms with E-state index < -0.39 is 24.0 Å². The van der Waals surface area contributed by atoms with Gasteiger partial charge in [-0.3, -0.25) is 9.59 Å². The molecule has 0 bridgehead atoms. The van der Waals surface area contributed by atoms with Crippen LogP contribution in [-0.4, -0.2) is 61.3 Å². The van der Waals surface area contributed by atoms with Gasteiger partial charge in [-0.25, -0.2) is 0 Å². The number of unbranched alkanes of at least 4 members (excludes halogenated alkanes) is 2. The monoisotopic (exact) mass is 303 g/mol. The predicted molar refractivity (Wildman–Crippen MR) is 73.1 cm³/mol. The van der Waals surface area contributed by atoms with Crippen LogP contribution in [0.5, 0.6) is 0 Å². The highest BCUT2D eigenvalue weighted by Crippen LogP contribution is 2.09. The van der Waals surface area contributed by atoms with Crippen molar-refractivity contribution in [1.82, 2.24) is 0 Å². The Morgan fingerprint density at radius 3 is 2.14 bits per heavy atom. The van der Waals surface area contributed by atoms with E-state index in [1.807, 2.05) is 21.1 Å². The molecule has 0 heterocycles. The Morgan fingerprint density at radius 2 is 1.67 bits per heavy atom. The number of esters is 1. The first kappa shape index (κ1) is 19.4. The van der Waals surface area contributed by atoms with Crippen molar-refractivity contribution in [3.8, 4) is 0 Å². The molecule has 0 amide bonds. The van der Waals surface area contributed by atoms with Gasteiger partial charge in [0.25, 0.3) is 0 Å². The van der Waals surface area contributed by atoms with E-state index in [1.54, 1.807) is 0 Å². The lowest BCUT2D eigenvalue weighted by Crippen LogP contribution is -2.45. The third-order valence-corrected chi connectivity index (χ3v) is 2.72. The predicted octanol–water partition coefficient (Wildman–Crippen LogP) is -0.220. The van der Waals surface area contributed by atoms with Gasteiger partial charge in [0.05, 0.1) is 21.1 Å². The molecule has 0 aromatic rings. The second kappa shape index (κ2) is 9.33. The molecular formula is C14H25NO6. The number of likely N-dealkylation sites (N-methyl/N-ethyl adjacent to an activating group) is 1. The molecule has 7 heteroatoms. The van der Waals surface area contributed by atoms with E-state index >= 15 is 0 Å². The number of carboxylic acids is 2. The normalized spacial score (nSPS) is 12.7. The molecular weight excluding hydrogens is 278 g/mol. The molecule has 0 spiro atoms. The van der Waals surface area contributed by atoms with E-state index in [2.05, 4.69) is 0 Å². The van der Waals surface area contributed by atoms with Crippen LogP contribution in [0, 0.1) is 0 Å². The summed E-state index contributed by atoms with van der Waals surface area (Å²) in [5, 5.41) is 19.2. The van der Waals surface area contributed by atoms with Crippen LogP contribution < -0.4 is 5.11 Å². The molecule has 1 N–H and O–H groups in total. The zero-order chi connectivity index (χ0) is 16.5. The Hall–Kier alpha value is -1.63. The minimum absolute atomic E-state index is 0.0872. The maximum Gasteiger partial charge on any atom is 0.306 e. The smallest absolute Gasteiger partial charge is 0.306 e. The van der Waals surface area contributed by atoms with E-state index in [0.29, 0.717) is 30.3 Å². The fraction of sp³-hybridized carbons (Fsp3) is 0.786. The van der Waals surface area contributed by atoms with Gasteiger partial charge in [-0.05, 0) is 12.8 Å². The van der Waals surface area contributed by atoms with Crippen LogP contribution in [0.3, 0.4) is 0 Å². The topological polar surface area (TPSA) is 104 Å². The quantitative estimate of drug-likeness (QED) is 0.321. The third kappa shape index (κ3) is 13.1. The van der Waals surface area contributed by atoms with Crippen LogP contribution in [-0.2, 0) is 19.1 Å². The van der Waals surface area contributed by atoms with Crippen molar-refractivity contribution in [3.05, 3.63) is 0 Å². The maximum absolute atomic E-state index is 11.7. The van der Waals surface area contributed by atoms with Crippen LogP contribution in [0.2, 0.25) is 0 Å². The molecule has 0 radical (unpaired) electrons. The molecule has 0 aliphatic heterocycles. The Balaban J connectivity index is 4.09. The number of carbonyl (C=O) groups is 3. The number of carboxylic acid groups (broad SMARTS) is 2. The van der Waals surface area contributed by atoms with Crippen molar-refractivity contribution in [1.29, 1.82) is 0 Å². The lowest BCUT2D eigenvalue weighted by Gasteiger charge is -2.29. The van der Waals surface area contributed by atoms with E-state index in [9.17, 15) is 19.5 Å². The first-order valence-electron chi connectivity index (χ1n) is 7.01. The molecule has 0 saturated carbocycles. The number of hydrogen-bond acceptors (Lipinski definition) is 5. The molecule has 122 valence electrons. The zero-order valence-electron chi connectivity index (χ0n) is 13.0.